The number of Topliss-reactive ketones (excluding diaryl/α,β-unsaturated/α-hetero) is 1. The average molecular weight is 425 g/mol. The van der Waals surface area contributed by atoms with Gasteiger partial charge in [-0.2, -0.15) is 0 Å². The van der Waals surface area contributed by atoms with E-state index in [0.717, 1.165) is 37.7 Å². The van der Waals surface area contributed by atoms with Gasteiger partial charge in [0.15, 0.2) is 15.6 Å². The largest absolute Gasteiger partial charge is 0.416 e. The first kappa shape index (κ1) is 19.2. The minimum Gasteiger partial charge on any atom is -0.416 e. The average Bonchev–Trinajstić information content (AvgIpc) is 3.45. The number of thioether (sulfide) groups is 1. The van der Waals surface area contributed by atoms with Gasteiger partial charge in [0.25, 0.3) is 11.1 Å². The molecule has 2 aliphatic rings. The molecule has 0 spiro atoms. The van der Waals surface area contributed by atoms with Gasteiger partial charge in [-0.3, -0.25) is 9.59 Å². The molecule has 2 saturated heterocycles. The highest BCUT2D eigenvalue weighted by molar-refractivity contribution is 7.99. The van der Waals surface area contributed by atoms with E-state index in [1.807, 2.05) is 0 Å². The summed E-state index contributed by atoms with van der Waals surface area (Å²) in [6, 6.07) is 1.58. The van der Waals surface area contributed by atoms with Crippen LogP contribution in [0.2, 0.25) is 0 Å². The summed E-state index contributed by atoms with van der Waals surface area (Å²) >= 11 is 1.10. The second kappa shape index (κ2) is 7.70. The molecule has 0 radical (unpaired) electrons. The number of aromatic amines is 1. The van der Waals surface area contributed by atoms with E-state index in [9.17, 15) is 18.0 Å². The highest BCUT2D eigenvalue weighted by Gasteiger charge is 2.33. The Labute approximate surface area is 166 Å². The number of likely N-dealkylation sites (tertiary alicyclic amines) is 1. The lowest BCUT2D eigenvalue weighted by atomic mass is 10.1. The summed E-state index contributed by atoms with van der Waals surface area (Å²) in [6.07, 6.45) is 4.03. The zero-order chi connectivity index (χ0) is 19.7. The Kier molecular flexibility index (Phi) is 5.28. The van der Waals surface area contributed by atoms with Crippen LogP contribution in [0.25, 0.3) is 0 Å². The van der Waals surface area contributed by atoms with Crippen LogP contribution in [0.1, 0.15) is 51.9 Å². The van der Waals surface area contributed by atoms with Crippen molar-refractivity contribution in [2.24, 2.45) is 0 Å². The number of amides is 1. The molecular weight excluding hydrogens is 404 g/mol. The fraction of sp³-hybridized carbons (Fsp3) is 0.529. The zero-order valence-corrected chi connectivity index (χ0v) is 16.7. The standard InChI is InChI=1S/C17H20N4O5S2/c22-14(12-7-13(18-8-12)16(23)21-4-1-2-5-21)9-27-17-20-19-15(26-17)11-3-6-28(24,25)10-11/h7-8,11,18H,1-6,9-10H2/t11-/m0/s1. The molecule has 11 heteroatoms. The van der Waals surface area contributed by atoms with Gasteiger partial charge >= 0.3 is 0 Å². The number of hydrogen-bond acceptors (Lipinski definition) is 8. The normalized spacial score (nSPS) is 21.3. The molecule has 2 aromatic heterocycles. The molecular formula is C17H20N4O5S2. The third-order valence-electron chi connectivity index (χ3n) is 4.96. The molecule has 0 unspecified atom stereocenters. The van der Waals surface area contributed by atoms with E-state index in [1.165, 1.54) is 6.20 Å². The molecule has 150 valence electrons. The number of H-pyrrole nitrogens is 1. The van der Waals surface area contributed by atoms with Crippen molar-refractivity contribution < 1.29 is 22.4 Å². The van der Waals surface area contributed by atoms with Crippen LogP contribution in [-0.2, 0) is 9.84 Å². The van der Waals surface area contributed by atoms with Gasteiger partial charge in [-0.1, -0.05) is 11.8 Å². The lowest BCUT2D eigenvalue weighted by Gasteiger charge is -2.13. The Hall–Kier alpha value is -2.14. The lowest BCUT2D eigenvalue weighted by molar-refractivity contribution is 0.0787. The van der Waals surface area contributed by atoms with Crippen LogP contribution in [-0.4, -0.2) is 70.5 Å². The molecule has 1 atom stereocenters. The van der Waals surface area contributed by atoms with Crippen LogP contribution in [0.5, 0.6) is 0 Å². The Balaban J connectivity index is 1.33. The number of carbonyl (C=O) groups is 2. The highest BCUT2D eigenvalue weighted by atomic mass is 32.2. The Morgan fingerprint density at radius 2 is 2.07 bits per heavy atom. The van der Waals surface area contributed by atoms with E-state index in [1.54, 1.807) is 11.0 Å². The Morgan fingerprint density at radius 1 is 1.29 bits per heavy atom. The van der Waals surface area contributed by atoms with E-state index in [4.69, 9.17) is 4.42 Å². The van der Waals surface area contributed by atoms with Crippen LogP contribution in [0.4, 0.5) is 0 Å². The minimum atomic E-state index is -3.03. The molecule has 4 rings (SSSR count). The lowest BCUT2D eigenvalue weighted by Crippen LogP contribution is -2.27. The van der Waals surface area contributed by atoms with Crippen LogP contribution < -0.4 is 0 Å². The topological polar surface area (TPSA) is 126 Å². The predicted octanol–water partition coefficient (Wildman–Crippen LogP) is 1.51. The smallest absolute Gasteiger partial charge is 0.277 e. The first-order chi connectivity index (χ1) is 13.4. The van der Waals surface area contributed by atoms with Crippen LogP contribution >= 0.6 is 11.8 Å². The van der Waals surface area contributed by atoms with Crippen LogP contribution in [0.15, 0.2) is 21.9 Å². The van der Waals surface area contributed by atoms with Gasteiger partial charge in [-0.25, -0.2) is 8.42 Å². The molecule has 2 aromatic rings. The predicted molar refractivity (Wildman–Crippen MR) is 101 cm³/mol. The van der Waals surface area contributed by atoms with E-state index in [0.29, 0.717) is 23.6 Å². The van der Waals surface area contributed by atoms with Gasteiger partial charge in [0.05, 0.1) is 23.2 Å². The number of aromatic nitrogens is 3. The van der Waals surface area contributed by atoms with Crippen molar-refractivity contribution in [3.63, 3.8) is 0 Å². The van der Waals surface area contributed by atoms with Gasteiger partial charge in [-0.15, -0.1) is 10.2 Å². The fourth-order valence-corrected chi connectivity index (χ4v) is 5.81. The van der Waals surface area contributed by atoms with E-state index < -0.39 is 9.84 Å². The quantitative estimate of drug-likeness (QED) is 0.546. The molecule has 1 amide bonds. The number of carbonyl (C=O) groups excluding carboxylic acids is 2. The molecule has 0 aromatic carbocycles. The maximum Gasteiger partial charge on any atom is 0.277 e. The summed E-state index contributed by atoms with van der Waals surface area (Å²) in [5, 5.41) is 8.04. The summed E-state index contributed by atoms with van der Waals surface area (Å²) < 4.78 is 28.6. The third kappa shape index (κ3) is 4.14. The summed E-state index contributed by atoms with van der Waals surface area (Å²) in [5.74, 6) is 0.0204. The van der Waals surface area contributed by atoms with Crippen molar-refractivity contribution in [3.05, 3.63) is 29.4 Å². The van der Waals surface area contributed by atoms with Gasteiger partial charge in [0.2, 0.25) is 5.89 Å². The van der Waals surface area contributed by atoms with Crippen molar-refractivity contribution in [3.8, 4) is 0 Å². The van der Waals surface area contributed by atoms with Gasteiger partial charge in [0.1, 0.15) is 5.69 Å². The van der Waals surface area contributed by atoms with Crippen LogP contribution in [0, 0.1) is 0 Å². The molecule has 2 fully saturated rings. The van der Waals surface area contributed by atoms with Crippen molar-refractivity contribution in [1.29, 1.82) is 0 Å². The Bertz CT molecular complexity index is 991. The SMILES string of the molecule is O=C(CSc1nnc([C@H]2CCS(=O)(=O)C2)o1)c1c[nH]c(C(=O)N2CCCC2)c1. The molecule has 0 saturated carbocycles. The monoisotopic (exact) mass is 424 g/mol. The number of nitrogens with one attached hydrogen (secondary N) is 1. The third-order valence-corrected chi connectivity index (χ3v) is 7.55. The fourth-order valence-electron chi connectivity index (χ4n) is 3.41. The molecule has 0 aliphatic carbocycles. The maximum absolute atomic E-state index is 12.4. The molecule has 1 N–H and O–H groups in total. The first-order valence-electron chi connectivity index (χ1n) is 9.09. The number of nitrogens with zero attached hydrogens (tertiary/aromatic N) is 3. The maximum atomic E-state index is 12.4. The molecule has 2 aliphatic heterocycles. The number of sulfone groups is 1. The van der Waals surface area contributed by atoms with Crippen molar-refractivity contribution in [1.82, 2.24) is 20.1 Å². The molecule has 9 nitrogen and oxygen atoms in total. The van der Waals surface area contributed by atoms with Crippen molar-refractivity contribution in [2.45, 2.75) is 30.4 Å². The molecule has 0 bridgehead atoms. The summed E-state index contributed by atoms with van der Waals surface area (Å²) in [7, 11) is -3.03. The van der Waals surface area contributed by atoms with Crippen LogP contribution in [0.3, 0.4) is 0 Å². The minimum absolute atomic E-state index is 0.0232. The number of ketones is 1. The van der Waals surface area contributed by atoms with E-state index in [-0.39, 0.29) is 40.1 Å². The number of rotatable bonds is 6. The van der Waals surface area contributed by atoms with Crippen molar-refractivity contribution in [2.75, 3.05) is 30.3 Å². The summed E-state index contributed by atoms with van der Waals surface area (Å²) in [6.45, 7) is 1.50. The molecule has 28 heavy (non-hydrogen) atoms. The van der Waals surface area contributed by atoms with Gasteiger partial charge < -0.3 is 14.3 Å². The first-order valence-corrected chi connectivity index (χ1v) is 11.9. The summed E-state index contributed by atoms with van der Waals surface area (Å²) in [4.78, 5) is 29.4. The second-order valence-corrected chi connectivity index (χ2v) is 10.2. The summed E-state index contributed by atoms with van der Waals surface area (Å²) in [5.41, 5.74) is 0.842. The van der Waals surface area contributed by atoms with E-state index >= 15 is 0 Å². The van der Waals surface area contributed by atoms with Crippen molar-refractivity contribution >= 4 is 33.3 Å². The molecule has 4 heterocycles. The van der Waals surface area contributed by atoms with Gasteiger partial charge in [0, 0.05) is 24.8 Å². The highest BCUT2D eigenvalue weighted by Crippen LogP contribution is 2.29. The second-order valence-electron chi connectivity index (χ2n) is 7.02. The van der Waals surface area contributed by atoms with E-state index in [2.05, 4.69) is 15.2 Å². The zero-order valence-electron chi connectivity index (χ0n) is 15.1. The Morgan fingerprint density at radius 3 is 2.79 bits per heavy atom. The number of hydrogen-bond donors (Lipinski definition) is 1. The van der Waals surface area contributed by atoms with Gasteiger partial charge in [-0.05, 0) is 25.3 Å².